The van der Waals surface area contributed by atoms with Crippen LogP contribution in [0.25, 0.3) is 0 Å². The number of nitrogens with one attached hydrogen (secondary N) is 3. The van der Waals surface area contributed by atoms with Crippen molar-refractivity contribution in [2.75, 3.05) is 7.05 Å². The van der Waals surface area contributed by atoms with Crippen molar-refractivity contribution in [2.45, 2.75) is 97.2 Å². The third-order valence-electron chi connectivity index (χ3n) is 4.76. The van der Waals surface area contributed by atoms with Gasteiger partial charge < -0.3 is 25.5 Å². The predicted molar refractivity (Wildman–Crippen MR) is 116 cm³/mol. The minimum atomic E-state index is -0.680. The highest BCUT2D eigenvalue weighted by Crippen LogP contribution is 2.08. The van der Waals surface area contributed by atoms with Gasteiger partial charge in [-0.3, -0.25) is 19.2 Å². The zero-order chi connectivity index (χ0) is 24.0. The molecular formula is C22H37N3O6. The van der Waals surface area contributed by atoms with E-state index in [1.807, 2.05) is 0 Å². The summed E-state index contributed by atoms with van der Waals surface area (Å²) in [7, 11) is 1.70. The summed E-state index contributed by atoms with van der Waals surface area (Å²) in [5.74, 6) is -0.991. The molecule has 0 aromatic heterocycles. The van der Waals surface area contributed by atoms with Gasteiger partial charge >= 0.3 is 0 Å². The molecule has 0 fully saturated rings. The van der Waals surface area contributed by atoms with Gasteiger partial charge in [0, 0.05) is 56.7 Å². The summed E-state index contributed by atoms with van der Waals surface area (Å²) in [5.41, 5.74) is 0. The molecule has 0 aliphatic carbocycles. The molecule has 0 saturated carbocycles. The minimum Gasteiger partial charge on any atom is -0.353 e. The van der Waals surface area contributed by atoms with E-state index in [1.165, 1.54) is 27.7 Å². The standard InChI is InChI=1S/C22H37N3O6/c1-14(26)6-8-18(23-5)12-21(30)25-20(11-17(4)29)13-22(31)24-19(10-16(3)28)9-7-15(2)27/h18-20,23H,6-13H2,1-5H3,(H,24,31)(H,25,30). The Bertz CT molecular complexity index is 662. The van der Waals surface area contributed by atoms with Crippen molar-refractivity contribution in [1.82, 2.24) is 16.0 Å². The van der Waals surface area contributed by atoms with Gasteiger partial charge in [0.2, 0.25) is 11.8 Å². The lowest BCUT2D eigenvalue weighted by Gasteiger charge is -2.22. The van der Waals surface area contributed by atoms with Gasteiger partial charge in [-0.25, -0.2) is 0 Å². The van der Waals surface area contributed by atoms with Crippen molar-refractivity contribution in [3.8, 4) is 0 Å². The first kappa shape index (κ1) is 28.6. The highest BCUT2D eigenvalue weighted by molar-refractivity contribution is 5.84. The van der Waals surface area contributed by atoms with Crippen LogP contribution in [0.15, 0.2) is 0 Å². The monoisotopic (exact) mass is 439 g/mol. The van der Waals surface area contributed by atoms with Crippen LogP contribution in [0.2, 0.25) is 0 Å². The average molecular weight is 440 g/mol. The molecule has 0 aliphatic heterocycles. The Morgan fingerprint density at radius 2 is 0.935 bits per heavy atom. The molecule has 3 atom stereocenters. The highest BCUT2D eigenvalue weighted by atomic mass is 16.2. The molecule has 31 heavy (non-hydrogen) atoms. The van der Waals surface area contributed by atoms with Crippen molar-refractivity contribution in [3.05, 3.63) is 0 Å². The summed E-state index contributed by atoms with van der Waals surface area (Å²) in [4.78, 5) is 70.4. The number of amides is 2. The number of carbonyl (C=O) groups is 6. The summed E-state index contributed by atoms with van der Waals surface area (Å²) in [6.45, 7) is 5.73. The van der Waals surface area contributed by atoms with Crippen LogP contribution in [0.3, 0.4) is 0 Å². The SMILES string of the molecule is CNC(CCC(C)=O)CC(=O)NC(CC(C)=O)CC(=O)NC(CCC(C)=O)CC(C)=O. The lowest BCUT2D eigenvalue weighted by molar-refractivity contribution is -0.126. The molecule has 0 radical (unpaired) electrons. The molecule has 0 spiro atoms. The van der Waals surface area contributed by atoms with Gasteiger partial charge in [0.15, 0.2) is 0 Å². The van der Waals surface area contributed by atoms with E-state index in [4.69, 9.17) is 0 Å². The molecule has 0 saturated heterocycles. The largest absolute Gasteiger partial charge is 0.353 e. The zero-order valence-electron chi connectivity index (χ0n) is 19.3. The Kier molecular flexibility index (Phi) is 14.2. The maximum absolute atomic E-state index is 12.5. The van der Waals surface area contributed by atoms with Crippen LogP contribution in [-0.4, -0.2) is 60.1 Å². The van der Waals surface area contributed by atoms with Crippen LogP contribution in [0, 0.1) is 0 Å². The minimum absolute atomic E-state index is 0.00163. The van der Waals surface area contributed by atoms with E-state index < -0.39 is 18.0 Å². The van der Waals surface area contributed by atoms with E-state index in [0.717, 1.165) is 0 Å². The molecule has 0 rings (SSSR count). The Hall–Kier alpha value is -2.42. The van der Waals surface area contributed by atoms with Gasteiger partial charge in [-0.15, -0.1) is 0 Å². The molecule has 0 heterocycles. The summed E-state index contributed by atoms with van der Waals surface area (Å²) in [6.07, 6.45) is 1.59. The first-order chi connectivity index (χ1) is 14.4. The summed E-state index contributed by atoms with van der Waals surface area (Å²) in [6, 6.07) is -1.34. The van der Waals surface area contributed by atoms with E-state index in [2.05, 4.69) is 16.0 Å². The van der Waals surface area contributed by atoms with Gasteiger partial charge in [0.25, 0.3) is 0 Å². The van der Waals surface area contributed by atoms with Crippen LogP contribution < -0.4 is 16.0 Å². The third-order valence-corrected chi connectivity index (χ3v) is 4.76. The summed E-state index contributed by atoms with van der Waals surface area (Å²) >= 11 is 0. The molecule has 2 amide bonds. The lowest BCUT2D eigenvalue weighted by Crippen LogP contribution is -2.44. The number of Topliss-reactive ketones (excluding diaryl/α,β-unsaturated/α-hetero) is 4. The van der Waals surface area contributed by atoms with Crippen LogP contribution in [0.4, 0.5) is 0 Å². The van der Waals surface area contributed by atoms with E-state index in [1.54, 1.807) is 7.05 Å². The van der Waals surface area contributed by atoms with E-state index in [9.17, 15) is 28.8 Å². The Labute approximate surface area is 184 Å². The Morgan fingerprint density at radius 3 is 1.35 bits per heavy atom. The number of hydrogen-bond acceptors (Lipinski definition) is 7. The second-order valence-corrected chi connectivity index (χ2v) is 8.22. The zero-order valence-corrected chi connectivity index (χ0v) is 19.3. The van der Waals surface area contributed by atoms with Gasteiger partial charge in [-0.05, 0) is 47.6 Å². The van der Waals surface area contributed by atoms with Crippen molar-refractivity contribution in [1.29, 1.82) is 0 Å². The van der Waals surface area contributed by atoms with Crippen LogP contribution in [0.1, 0.15) is 79.1 Å². The topological polar surface area (TPSA) is 139 Å². The maximum atomic E-state index is 12.5. The predicted octanol–water partition coefficient (Wildman–Crippen LogP) is 1.02. The van der Waals surface area contributed by atoms with Crippen molar-refractivity contribution in [3.63, 3.8) is 0 Å². The molecule has 0 aromatic carbocycles. The number of carbonyl (C=O) groups excluding carboxylic acids is 6. The van der Waals surface area contributed by atoms with Gasteiger partial charge in [-0.1, -0.05) is 0 Å². The fourth-order valence-electron chi connectivity index (χ4n) is 3.22. The second kappa shape index (κ2) is 15.4. The molecule has 3 unspecified atom stereocenters. The molecule has 0 aliphatic rings. The fourth-order valence-corrected chi connectivity index (χ4v) is 3.22. The van der Waals surface area contributed by atoms with Crippen molar-refractivity contribution < 1.29 is 28.8 Å². The number of ketones is 4. The molecule has 9 heteroatoms. The Balaban J connectivity index is 4.93. The number of rotatable bonds is 17. The maximum Gasteiger partial charge on any atom is 0.222 e. The number of hydrogen-bond donors (Lipinski definition) is 3. The fraction of sp³-hybridized carbons (Fsp3) is 0.727. The summed E-state index contributed by atoms with van der Waals surface area (Å²) < 4.78 is 0. The normalized spacial score (nSPS) is 13.6. The smallest absolute Gasteiger partial charge is 0.222 e. The average Bonchev–Trinajstić information content (AvgIpc) is 2.61. The quantitative estimate of drug-likeness (QED) is 0.307. The van der Waals surface area contributed by atoms with Gasteiger partial charge in [-0.2, -0.15) is 0 Å². The lowest BCUT2D eigenvalue weighted by atomic mass is 10.0. The van der Waals surface area contributed by atoms with E-state index >= 15 is 0 Å². The van der Waals surface area contributed by atoms with Crippen LogP contribution >= 0.6 is 0 Å². The molecule has 0 aromatic rings. The Morgan fingerprint density at radius 1 is 0.548 bits per heavy atom. The molecular weight excluding hydrogens is 402 g/mol. The molecule has 176 valence electrons. The van der Waals surface area contributed by atoms with E-state index in [-0.39, 0.29) is 67.2 Å². The first-order valence-electron chi connectivity index (χ1n) is 10.7. The van der Waals surface area contributed by atoms with Crippen molar-refractivity contribution >= 4 is 34.9 Å². The molecule has 3 N–H and O–H groups in total. The van der Waals surface area contributed by atoms with E-state index in [0.29, 0.717) is 19.3 Å². The van der Waals surface area contributed by atoms with Crippen molar-refractivity contribution in [2.24, 2.45) is 0 Å². The van der Waals surface area contributed by atoms with Gasteiger partial charge in [0.1, 0.15) is 23.1 Å². The summed E-state index contributed by atoms with van der Waals surface area (Å²) in [5, 5.41) is 8.46. The first-order valence-corrected chi connectivity index (χ1v) is 10.7. The molecule has 9 nitrogen and oxygen atoms in total. The highest BCUT2D eigenvalue weighted by Gasteiger charge is 2.22. The van der Waals surface area contributed by atoms with Crippen LogP contribution in [0.5, 0.6) is 0 Å². The molecule has 0 bridgehead atoms. The third kappa shape index (κ3) is 16.0. The van der Waals surface area contributed by atoms with Gasteiger partial charge in [0.05, 0.1) is 0 Å². The van der Waals surface area contributed by atoms with Crippen LogP contribution in [-0.2, 0) is 28.8 Å². The second-order valence-electron chi connectivity index (χ2n) is 8.22.